The molecule has 100 valence electrons. The van der Waals surface area contributed by atoms with Crippen LogP contribution in [0.2, 0.25) is 0 Å². The highest BCUT2D eigenvalue weighted by Crippen LogP contribution is 2.18. The van der Waals surface area contributed by atoms with Crippen molar-refractivity contribution in [3.05, 3.63) is 0 Å². The minimum atomic E-state index is -0.995. The Morgan fingerprint density at radius 2 is 1.76 bits per heavy atom. The average molecular weight is 244 g/mol. The fraction of sp³-hybridized carbons (Fsp3) is 0.833. The first-order chi connectivity index (χ1) is 7.68. The first-order valence-electron chi connectivity index (χ1n) is 5.98. The van der Waals surface area contributed by atoms with Crippen molar-refractivity contribution in [2.45, 2.75) is 59.5 Å². The van der Waals surface area contributed by atoms with Gasteiger partial charge in [-0.25, -0.2) is 9.59 Å². The zero-order valence-corrected chi connectivity index (χ0v) is 11.3. The van der Waals surface area contributed by atoms with Crippen molar-refractivity contribution < 1.29 is 14.7 Å². The molecule has 0 spiro atoms. The van der Waals surface area contributed by atoms with Gasteiger partial charge in [-0.15, -0.1) is 0 Å². The van der Waals surface area contributed by atoms with Gasteiger partial charge in [0, 0.05) is 6.04 Å². The molecule has 0 aromatic carbocycles. The number of amides is 2. The van der Waals surface area contributed by atoms with E-state index >= 15 is 0 Å². The summed E-state index contributed by atoms with van der Waals surface area (Å²) in [5.74, 6) is -0.995. The highest BCUT2D eigenvalue weighted by atomic mass is 16.4. The van der Waals surface area contributed by atoms with Crippen molar-refractivity contribution in [1.29, 1.82) is 0 Å². The molecule has 2 unspecified atom stereocenters. The van der Waals surface area contributed by atoms with Crippen LogP contribution in [0.4, 0.5) is 4.79 Å². The van der Waals surface area contributed by atoms with Gasteiger partial charge in [-0.05, 0) is 18.8 Å². The van der Waals surface area contributed by atoms with E-state index in [-0.39, 0.29) is 11.5 Å². The maximum absolute atomic E-state index is 11.6. The van der Waals surface area contributed by atoms with E-state index in [0.717, 1.165) is 0 Å². The number of hydrogen-bond donors (Lipinski definition) is 3. The topological polar surface area (TPSA) is 78.4 Å². The van der Waals surface area contributed by atoms with Gasteiger partial charge in [-0.2, -0.15) is 0 Å². The summed E-state index contributed by atoms with van der Waals surface area (Å²) >= 11 is 0. The summed E-state index contributed by atoms with van der Waals surface area (Å²) < 4.78 is 0. The highest BCUT2D eigenvalue weighted by molar-refractivity contribution is 5.82. The molecule has 0 aliphatic rings. The number of carboxylic acids is 1. The molecule has 0 aliphatic heterocycles. The number of urea groups is 1. The van der Waals surface area contributed by atoms with Crippen molar-refractivity contribution in [2.75, 3.05) is 0 Å². The minimum Gasteiger partial charge on any atom is -0.480 e. The standard InChI is InChI=1S/C12H24N2O3/c1-6-7-9(10(15)16)14-11(17)13-8(2)12(3,4)5/h8-9H,6-7H2,1-5H3,(H,15,16)(H2,13,14,17). The number of rotatable bonds is 5. The van der Waals surface area contributed by atoms with Crippen LogP contribution in [-0.4, -0.2) is 29.2 Å². The van der Waals surface area contributed by atoms with Crippen LogP contribution in [0.25, 0.3) is 0 Å². The molecule has 0 aliphatic carbocycles. The van der Waals surface area contributed by atoms with Gasteiger partial charge < -0.3 is 15.7 Å². The molecule has 2 atom stereocenters. The van der Waals surface area contributed by atoms with Crippen molar-refractivity contribution in [1.82, 2.24) is 10.6 Å². The minimum absolute atomic E-state index is 0.0291. The Hall–Kier alpha value is -1.26. The molecule has 0 radical (unpaired) electrons. The van der Waals surface area contributed by atoms with E-state index < -0.39 is 18.0 Å². The maximum Gasteiger partial charge on any atom is 0.326 e. The predicted molar refractivity (Wildman–Crippen MR) is 66.9 cm³/mol. The summed E-state index contributed by atoms with van der Waals surface area (Å²) in [6, 6.07) is -1.26. The quantitative estimate of drug-likeness (QED) is 0.692. The maximum atomic E-state index is 11.6. The fourth-order valence-corrected chi connectivity index (χ4v) is 1.16. The van der Waals surface area contributed by atoms with E-state index in [1.54, 1.807) is 0 Å². The molecule has 5 heteroatoms. The number of hydrogen-bond acceptors (Lipinski definition) is 2. The summed E-state index contributed by atoms with van der Waals surface area (Å²) in [5, 5.41) is 14.1. The van der Waals surface area contributed by atoms with E-state index in [4.69, 9.17) is 5.11 Å². The molecule has 2 amide bonds. The monoisotopic (exact) mass is 244 g/mol. The lowest BCUT2D eigenvalue weighted by molar-refractivity contribution is -0.139. The zero-order chi connectivity index (χ0) is 13.6. The van der Waals surface area contributed by atoms with Crippen molar-refractivity contribution in [2.24, 2.45) is 5.41 Å². The number of aliphatic carboxylic acids is 1. The van der Waals surface area contributed by atoms with E-state index in [0.29, 0.717) is 12.8 Å². The van der Waals surface area contributed by atoms with Crippen molar-refractivity contribution >= 4 is 12.0 Å². The lowest BCUT2D eigenvalue weighted by atomic mass is 9.88. The first kappa shape index (κ1) is 15.7. The van der Waals surface area contributed by atoms with Crippen LogP contribution >= 0.6 is 0 Å². The van der Waals surface area contributed by atoms with E-state index in [2.05, 4.69) is 10.6 Å². The second-order valence-corrected chi connectivity index (χ2v) is 5.39. The fourth-order valence-electron chi connectivity index (χ4n) is 1.16. The third kappa shape index (κ3) is 6.14. The Bertz CT molecular complexity index is 271. The average Bonchev–Trinajstić information content (AvgIpc) is 2.15. The Labute approximate surface area is 103 Å². The molecular weight excluding hydrogens is 220 g/mol. The molecule has 17 heavy (non-hydrogen) atoms. The van der Waals surface area contributed by atoms with Gasteiger partial charge in [0.1, 0.15) is 6.04 Å². The molecule has 5 nitrogen and oxygen atoms in total. The van der Waals surface area contributed by atoms with Crippen LogP contribution in [0.1, 0.15) is 47.5 Å². The molecule has 0 aromatic heterocycles. The third-order valence-corrected chi connectivity index (χ3v) is 2.83. The predicted octanol–water partition coefficient (Wildman–Crippen LogP) is 1.97. The summed E-state index contributed by atoms with van der Waals surface area (Å²) in [4.78, 5) is 22.5. The van der Waals surface area contributed by atoms with Gasteiger partial charge in [0.05, 0.1) is 0 Å². The number of carbonyl (C=O) groups excluding carboxylic acids is 1. The number of nitrogens with one attached hydrogen (secondary N) is 2. The van der Waals surface area contributed by atoms with Crippen molar-refractivity contribution in [3.63, 3.8) is 0 Å². The van der Waals surface area contributed by atoms with Crippen LogP contribution in [0.5, 0.6) is 0 Å². The Morgan fingerprint density at radius 3 is 2.12 bits per heavy atom. The van der Waals surface area contributed by atoms with Crippen LogP contribution in [0.3, 0.4) is 0 Å². The molecule has 0 bridgehead atoms. The van der Waals surface area contributed by atoms with Gasteiger partial charge in [0.15, 0.2) is 0 Å². The van der Waals surface area contributed by atoms with E-state index in [1.807, 2.05) is 34.6 Å². The number of carbonyl (C=O) groups is 2. The molecular formula is C12H24N2O3. The van der Waals surface area contributed by atoms with Crippen molar-refractivity contribution in [3.8, 4) is 0 Å². The van der Waals surface area contributed by atoms with Crippen LogP contribution < -0.4 is 10.6 Å². The summed E-state index contributed by atoms with van der Waals surface area (Å²) in [7, 11) is 0. The first-order valence-corrected chi connectivity index (χ1v) is 5.98. The Kier molecular flexibility index (Phi) is 5.99. The lowest BCUT2D eigenvalue weighted by Gasteiger charge is -2.28. The van der Waals surface area contributed by atoms with Gasteiger partial charge in [0.2, 0.25) is 0 Å². The lowest BCUT2D eigenvalue weighted by Crippen LogP contribution is -2.51. The van der Waals surface area contributed by atoms with E-state index in [1.165, 1.54) is 0 Å². The SMILES string of the molecule is CCCC(NC(=O)NC(C)C(C)(C)C)C(=O)O. The Morgan fingerprint density at radius 1 is 1.24 bits per heavy atom. The smallest absolute Gasteiger partial charge is 0.326 e. The normalized spacial score (nSPS) is 14.9. The summed E-state index contributed by atoms with van der Waals surface area (Å²) in [6.07, 6.45) is 1.15. The molecule has 0 saturated carbocycles. The largest absolute Gasteiger partial charge is 0.480 e. The van der Waals surface area contributed by atoms with Crippen LogP contribution in [0, 0.1) is 5.41 Å². The van der Waals surface area contributed by atoms with Gasteiger partial charge >= 0.3 is 12.0 Å². The zero-order valence-electron chi connectivity index (χ0n) is 11.3. The summed E-state index contributed by atoms with van der Waals surface area (Å²) in [5.41, 5.74) is -0.0547. The molecule has 0 heterocycles. The Balaban J connectivity index is 4.29. The highest BCUT2D eigenvalue weighted by Gasteiger charge is 2.24. The molecule has 0 saturated heterocycles. The third-order valence-electron chi connectivity index (χ3n) is 2.83. The summed E-state index contributed by atoms with van der Waals surface area (Å²) in [6.45, 7) is 9.82. The molecule has 3 N–H and O–H groups in total. The van der Waals surface area contributed by atoms with Gasteiger partial charge in [0.25, 0.3) is 0 Å². The van der Waals surface area contributed by atoms with Crippen LogP contribution in [-0.2, 0) is 4.79 Å². The second kappa shape index (κ2) is 6.47. The van der Waals surface area contributed by atoms with E-state index in [9.17, 15) is 9.59 Å². The molecule has 0 fully saturated rings. The van der Waals surface area contributed by atoms with Gasteiger partial charge in [-0.3, -0.25) is 0 Å². The van der Waals surface area contributed by atoms with Gasteiger partial charge in [-0.1, -0.05) is 34.1 Å². The second-order valence-electron chi connectivity index (χ2n) is 5.39. The molecule has 0 aromatic rings. The number of carboxylic acid groups (broad SMARTS) is 1. The van der Waals surface area contributed by atoms with Crippen LogP contribution in [0.15, 0.2) is 0 Å². The molecule has 0 rings (SSSR count).